The molecule has 0 spiro atoms. The first-order chi connectivity index (χ1) is 11.4. The van der Waals surface area contributed by atoms with E-state index in [0.717, 1.165) is 51.6 Å². The molecule has 1 amide bonds. The molecule has 2 aliphatic rings. The second-order valence-electron chi connectivity index (χ2n) is 7.54. The van der Waals surface area contributed by atoms with Crippen molar-refractivity contribution in [1.82, 2.24) is 14.7 Å². The van der Waals surface area contributed by atoms with Crippen LogP contribution in [0.1, 0.15) is 20.8 Å². The van der Waals surface area contributed by atoms with Gasteiger partial charge >= 0.3 is 6.09 Å². The second kappa shape index (κ2) is 8.78. The van der Waals surface area contributed by atoms with Crippen LogP contribution in [0, 0.1) is 5.41 Å². The first-order valence-electron chi connectivity index (χ1n) is 8.86. The third kappa shape index (κ3) is 6.03. The Hall–Kier alpha value is -1.18. The number of likely N-dealkylation sites (N-methyl/N-ethyl adjacent to an activating group) is 1. The lowest BCUT2D eigenvalue weighted by Gasteiger charge is -2.35. The fraction of sp³-hybridized carbons (Fsp3) is 0.882. The van der Waals surface area contributed by atoms with Gasteiger partial charge in [0.05, 0.1) is 13.2 Å². The molecule has 138 valence electrons. The summed E-state index contributed by atoms with van der Waals surface area (Å²) in [6.07, 6.45) is -0.486. The average Bonchev–Trinajstić information content (AvgIpc) is 2.54. The molecule has 0 bridgehead atoms. The minimum absolute atomic E-state index is 0.201. The number of morpholine rings is 1. The van der Waals surface area contributed by atoms with Crippen LogP contribution in [0.25, 0.3) is 0 Å². The van der Waals surface area contributed by atoms with Gasteiger partial charge in [0.1, 0.15) is 12.4 Å². The fourth-order valence-electron chi connectivity index (χ4n) is 2.94. The van der Waals surface area contributed by atoms with Crippen molar-refractivity contribution in [3.63, 3.8) is 0 Å². The van der Waals surface area contributed by atoms with Crippen molar-refractivity contribution in [2.45, 2.75) is 20.8 Å². The highest BCUT2D eigenvalue weighted by atomic mass is 16.5. The third-order valence-corrected chi connectivity index (χ3v) is 4.41. The summed E-state index contributed by atoms with van der Waals surface area (Å²) >= 11 is 0. The van der Waals surface area contributed by atoms with Gasteiger partial charge in [0, 0.05) is 51.2 Å². The molecule has 24 heavy (non-hydrogen) atoms. The zero-order chi connectivity index (χ0) is 17.6. The lowest BCUT2D eigenvalue weighted by Crippen LogP contribution is -2.46. The summed E-state index contributed by atoms with van der Waals surface area (Å²) < 4.78 is 10.7. The third-order valence-electron chi connectivity index (χ3n) is 4.41. The SMILES string of the molecule is CN1CCN(CCOC(=O)/N=C(\N2CCOCC2)C(C)(C)C)CC1. The predicted octanol–water partition coefficient (Wildman–Crippen LogP) is 1.15. The maximum absolute atomic E-state index is 12.1. The van der Waals surface area contributed by atoms with E-state index in [9.17, 15) is 4.79 Å². The van der Waals surface area contributed by atoms with Gasteiger partial charge in [-0.3, -0.25) is 4.90 Å². The Labute approximate surface area is 145 Å². The van der Waals surface area contributed by atoms with Gasteiger partial charge in [-0.2, -0.15) is 4.99 Å². The molecule has 0 aliphatic carbocycles. The standard InChI is InChI=1S/C17H32N4O3/c1-17(2,3)15(21-10-12-23-13-11-21)18-16(22)24-14-9-20-7-5-19(4)6-8-20/h5-14H2,1-4H3/b18-15-. The molecule has 0 N–H and O–H groups in total. The van der Waals surface area contributed by atoms with Crippen molar-refractivity contribution >= 4 is 11.9 Å². The second-order valence-corrected chi connectivity index (χ2v) is 7.54. The van der Waals surface area contributed by atoms with E-state index in [4.69, 9.17) is 9.47 Å². The van der Waals surface area contributed by atoms with Crippen molar-refractivity contribution in [3.8, 4) is 0 Å². The van der Waals surface area contributed by atoms with Crippen LogP contribution in [0.15, 0.2) is 4.99 Å². The number of carbonyl (C=O) groups excluding carboxylic acids is 1. The molecule has 2 rings (SSSR count). The molecule has 7 heteroatoms. The maximum atomic E-state index is 12.1. The van der Waals surface area contributed by atoms with E-state index < -0.39 is 6.09 Å². The smallest absolute Gasteiger partial charge is 0.435 e. The van der Waals surface area contributed by atoms with Gasteiger partial charge in [0.25, 0.3) is 0 Å². The van der Waals surface area contributed by atoms with Gasteiger partial charge in [-0.05, 0) is 7.05 Å². The van der Waals surface area contributed by atoms with Crippen molar-refractivity contribution in [1.29, 1.82) is 0 Å². The van der Waals surface area contributed by atoms with Crippen LogP contribution in [0.5, 0.6) is 0 Å². The minimum atomic E-state index is -0.486. The molecule has 0 saturated carbocycles. The predicted molar refractivity (Wildman–Crippen MR) is 94.6 cm³/mol. The van der Waals surface area contributed by atoms with Gasteiger partial charge < -0.3 is 19.3 Å². The summed E-state index contributed by atoms with van der Waals surface area (Å²) in [4.78, 5) is 23.2. The topological polar surface area (TPSA) is 57.6 Å². The van der Waals surface area contributed by atoms with Crippen molar-refractivity contribution < 1.29 is 14.3 Å². The lowest BCUT2D eigenvalue weighted by molar-refractivity contribution is 0.0641. The highest BCUT2D eigenvalue weighted by Crippen LogP contribution is 2.20. The highest BCUT2D eigenvalue weighted by Gasteiger charge is 2.27. The number of piperazine rings is 1. The van der Waals surface area contributed by atoms with Gasteiger partial charge in [-0.25, -0.2) is 4.79 Å². The van der Waals surface area contributed by atoms with E-state index in [1.807, 2.05) is 0 Å². The normalized spacial score (nSPS) is 21.8. The lowest BCUT2D eigenvalue weighted by atomic mass is 9.93. The summed E-state index contributed by atoms with van der Waals surface area (Å²) in [6, 6.07) is 0. The largest absolute Gasteiger partial charge is 0.447 e. The summed E-state index contributed by atoms with van der Waals surface area (Å²) in [5, 5.41) is 0. The number of rotatable bonds is 3. The summed E-state index contributed by atoms with van der Waals surface area (Å²) in [5.41, 5.74) is -0.201. The number of nitrogens with zero attached hydrogens (tertiary/aromatic N) is 4. The quantitative estimate of drug-likeness (QED) is 0.567. The number of hydrogen-bond donors (Lipinski definition) is 0. The van der Waals surface area contributed by atoms with Crippen molar-refractivity contribution in [3.05, 3.63) is 0 Å². The van der Waals surface area contributed by atoms with E-state index in [-0.39, 0.29) is 5.41 Å². The van der Waals surface area contributed by atoms with Crippen molar-refractivity contribution in [2.24, 2.45) is 10.4 Å². The van der Waals surface area contributed by atoms with Crippen LogP contribution < -0.4 is 0 Å². The van der Waals surface area contributed by atoms with Crippen LogP contribution in [-0.4, -0.2) is 99.3 Å². The van der Waals surface area contributed by atoms with E-state index >= 15 is 0 Å². The molecule has 2 fully saturated rings. The molecule has 2 aliphatic heterocycles. The number of aliphatic imine (C=N–C) groups is 1. The van der Waals surface area contributed by atoms with Gasteiger partial charge in [-0.15, -0.1) is 0 Å². The van der Waals surface area contributed by atoms with Crippen LogP contribution in [-0.2, 0) is 9.47 Å². The minimum Gasteiger partial charge on any atom is -0.447 e. The number of amides is 1. The zero-order valence-corrected chi connectivity index (χ0v) is 15.6. The van der Waals surface area contributed by atoms with E-state index in [0.29, 0.717) is 19.8 Å². The van der Waals surface area contributed by atoms with E-state index in [1.54, 1.807) is 0 Å². The average molecular weight is 340 g/mol. The van der Waals surface area contributed by atoms with Crippen LogP contribution >= 0.6 is 0 Å². The number of amidine groups is 1. The Morgan fingerprint density at radius 2 is 1.71 bits per heavy atom. The molecule has 0 aromatic rings. The Kier molecular flexibility index (Phi) is 7.01. The van der Waals surface area contributed by atoms with Crippen LogP contribution in [0.4, 0.5) is 4.79 Å². The Morgan fingerprint density at radius 3 is 2.29 bits per heavy atom. The van der Waals surface area contributed by atoms with Gasteiger partial charge in [0.15, 0.2) is 0 Å². The maximum Gasteiger partial charge on any atom is 0.435 e. The molecule has 0 aromatic heterocycles. The molecule has 0 aromatic carbocycles. The zero-order valence-electron chi connectivity index (χ0n) is 15.6. The molecule has 2 saturated heterocycles. The van der Waals surface area contributed by atoms with Gasteiger partial charge in [0.2, 0.25) is 0 Å². The number of ether oxygens (including phenoxy) is 2. The van der Waals surface area contributed by atoms with E-state index in [2.05, 4.69) is 47.5 Å². The molecule has 0 unspecified atom stereocenters. The van der Waals surface area contributed by atoms with E-state index in [1.165, 1.54) is 0 Å². The summed E-state index contributed by atoms with van der Waals surface area (Å²) in [6.45, 7) is 14.4. The summed E-state index contributed by atoms with van der Waals surface area (Å²) in [7, 11) is 2.13. The van der Waals surface area contributed by atoms with Crippen LogP contribution in [0.3, 0.4) is 0 Å². The fourth-order valence-corrected chi connectivity index (χ4v) is 2.94. The Morgan fingerprint density at radius 1 is 1.08 bits per heavy atom. The molecule has 0 atom stereocenters. The molecule has 7 nitrogen and oxygen atoms in total. The molecule has 2 heterocycles. The number of hydrogen-bond acceptors (Lipinski definition) is 5. The van der Waals surface area contributed by atoms with Crippen molar-refractivity contribution in [2.75, 3.05) is 72.7 Å². The molecule has 0 radical (unpaired) electrons. The first kappa shape index (κ1) is 19.1. The monoisotopic (exact) mass is 340 g/mol. The first-order valence-corrected chi connectivity index (χ1v) is 8.86. The highest BCUT2D eigenvalue weighted by molar-refractivity contribution is 5.95. The molecular formula is C17H32N4O3. The summed E-state index contributed by atoms with van der Waals surface area (Å²) in [5.74, 6) is 0.787. The van der Waals surface area contributed by atoms with Gasteiger partial charge in [-0.1, -0.05) is 20.8 Å². The Balaban J connectivity index is 1.83. The Bertz CT molecular complexity index is 434. The number of carbonyl (C=O) groups is 1. The molecular weight excluding hydrogens is 308 g/mol. The van der Waals surface area contributed by atoms with Crippen LogP contribution in [0.2, 0.25) is 0 Å².